The lowest BCUT2D eigenvalue weighted by Crippen LogP contribution is -2.48. The third-order valence-corrected chi connectivity index (χ3v) is 6.52. The average Bonchev–Trinajstić information content (AvgIpc) is 3.51. The number of hydrogen-bond acceptors (Lipinski definition) is 3. The molecule has 1 aromatic carbocycles. The van der Waals surface area contributed by atoms with E-state index in [0.717, 1.165) is 23.9 Å². The standard InChI is InChI=1S/C23H34N2O2/c1-16-14-25(15-17(2)27-16)23(26)20-9-7-18(8-10-20)13-24-22-6-4-3-5-21(22)19-11-12-19/h7-10,16-17,19,21-22,24H,3-6,11-15H2,1-2H3/t16-,17-,21+,22-/m1/s1. The molecule has 3 aliphatic rings. The van der Waals surface area contributed by atoms with Crippen molar-refractivity contribution in [3.63, 3.8) is 0 Å². The van der Waals surface area contributed by atoms with Crippen molar-refractivity contribution in [3.8, 4) is 0 Å². The fraction of sp³-hybridized carbons (Fsp3) is 0.696. The highest BCUT2D eigenvalue weighted by molar-refractivity contribution is 5.94. The Labute approximate surface area is 163 Å². The van der Waals surface area contributed by atoms with Gasteiger partial charge in [-0.1, -0.05) is 25.0 Å². The van der Waals surface area contributed by atoms with Crippen molar-refractivity contribution in [2.45, 2.75) is 77.2 Å². The van der Waals surface area contributed by atoms with Gasteiger partial charge in [-0.15, -0.1) is 0 Å². The van der Waals surface area contributed by atoms with Crippen LogP contribution >= 0.6 is 0 Å². The van der Waals surface area contributed by atoms with E-state index in [1.54, 1.807) is 0 Å². The zero-order valence-corrected chi connectivity index (χ0v) is 16.8. The molecule has 4 atom stereocenters. The van der Waals surface area contributed by atoms with Gasteiger partial charge in [0.25, 0.3) is 5.91 Å². The van der Waals surface area contributed by atoms with E-state index in [1.807, 2.05) is 30.9 Å². The summed E-state index contributed by atoms with van der Waals surface area (Å²) in [7, 11) is 0. The number of carbonyl (C=O) groups is 1. The van der Waals surface area contributed by atoms with Gasteiger partial charge in [-0.3, -0.25) is 4.79 Å². The lowest BCUT2D eigenvalue weighted by molar-refractivity contribution is -0.0586. The van der Waals surface area contributed by atoms with E-state index in [-0.39, 0.29) is 18.1 Å². The number of amides is 1. The molecule has 1 aromatic rings. The summed E-state index contributed by atoms with van der Waals surface area (Å²) < 4.78 is 5.74. The molecule has 4 heteroatoms. The van der Waals surface area contributed by atoms with E-state index >= 15 is 0 Å². The second-order valence-electron chi connectivity index (χ2n) is 8.94. The number of carbonyl (C=O) groups excluding carboxylic acids is 1. The third-order valence-electron chi connectivity index (χ3n) is 6.52. The van der Waals surface area contributed by atoms with E-state index in [9.17, 15) is 4.79 Å². The molecule has 2 aliphatic carbocycles. The third kappa shape index (κ3) is 4.72. The van der Waals surface area contributed by atoms with Gasteiger partial charge >= 0.3 is 0 Å². The Balaban J connectivity index is 1.32. The van der Waals surface area contributed by atoms with Crippen LogP contribution in [0.1, 0.15) is 68.3 Å². The molecule has 0 aromatic heterocycles. The van der Waals surface area contributed by atoms with Crippen molar-refractivity contribution >= 4 is 5.91 Å². The molecule has 1 heterocycles. The zero-order valence-electron chi connectivity index (χ0n) is 16.8. The Bertz CT molecular complexity index is 630. The van der Waals surface area contributed by atoms with E-state index < -0.39 is 0 Å². The molecule has 1 amide bonds. The van der Waals surface area contributed by atoms with E-state index in [1.165, 1.54) is 44.1 Å². The predicted octanol–water partition coefficient (Wildman–Crippen LogP) is 3.99. The summed E-state index contributed by atoms with van der Waals surface area (Å²) in [5, 5.41) is 3.82. The quantitative estimate of drug-likeness (QED) is 0.852. The Morgan fingerprint density at radius 3 is 2.37 bits per heavy atom. The van der Waals surface area contributed by atoms with Gasteiger partial charge in [-0.2, -0.15) is 0 Å². The Morgan fingerprint density at radius 2 is 1.70 bits per heavy atom. The lowest BCUT2D eigenvalue weighted by Gasteiger charge is -2.35. The van der Waals surface area contributed by atoms with Crippen LogP contribution in [-0.2, 0) is 11.3 Å². The topological polar surface area (TPSA) is 41.6 Å². The molecule has 3 fully saturated rings. The summed E-state index contributed by atoms with van der Waals surface area (Å²) in [4.78, 5) is 14.7. The molecule has 1 N–H and O–H groups in total. The van der Waals surface area contributed by atoms with Gasteiger partial charge in [0.1, 0.15) is 0 Å². The molecule has 0 bridgehead atoms. The van der Waals surface area contributed by atoms with Gasteiger partial charge < -0.3 is 15.0 Å². The highest BCUT2D eigenvalue weighted by atomic mass is 16.5. The van der Waals surface area contributed by atoms with Gasteiger partial charge in [0.05, 0.1) is 12.2 Å². The molecular weight excluding hydrogens is 336 g/mol. The minimum Gasteiger partial charge on any atom is -0.372 e. The maximum absolute atomic E-state index is 12.8. The molecule has 148 valence electrons. The average molecular weight is 371 g/mol. The van der Waals surface area contributed by atoms with Gasteiger partial charge in [-0.25, -0.2) is 0 Å². The SMILES string of the molecule is C[C@@H]1CN(C(=O)c2ccc(CN[C@@H]3CCCC[C@H]3C3CC3)cc2)C[C@@H](C)O1. The van der Waals surface area contributed by atoms with Crippen LogP contribution in [0.5, 0.6) is 0 Å². The first-order valence-electron chi connectivity index (χ1n) is 10.9. The summed E-state index contributed by atoms with van der Waals surface area (Å²) in [5.41, 5.74) is 2.06. The summed E-state index contributed by atoms with van der Waals surface area (Å²) in [6.45, 7) is 6.33. The number of ether oxygens (including phenoxy) is 1. The van der Waals surface area contributed by atoms with Crippen molar-refractivity contribution < 1.29 is 9.53 Å². The van der Waals surface area contributed by atoms with Crippen LogP contribution in [0.2, 0.25) is 0 Å². The Morgan fingerprint density at radius 1 is 1.04 bits per heavy atom. The highest BCUT2D eigenvalue weighted by Crippen LogP contribution is 2.44. The van der Waals surface area contributed by atoms with Gasteiger partial charge in [-0.05, 0) is 69.1 Å². The van der Waals surface area contributed by atoms with Crippen LogP contribution in [0.25, 0.3) is 0 Å². The molecule has 4 nitrogen and oxygen atoms in total. The van der Waals surface area contributed by atoms with Crippen LogP contribution in [-0.4, -0.2) is 42.1 Å². The maximum Gasteiger partial charge on any atom is 0.254 e. The minimum absolute atomic E-state index is 0.107. The van der Waals surface area contributed by atoms with Crippen molar-refractivity contribution in [1.29, 1.82) is 0 Å². The number of rotatable bonds is 5. The van der Waals surface area contributed by atoms with Crippen molar-refractivity contribution in [3.05, 3.63) is 35.4 Å². The Kier molecular flexibility index (Phi) is 5.84. The number of nitrogens with zero attached hydrogens (tertiary/aromatic N) is 1. The van der Waals surface area contributed by atoms with Crippen LogP contribution < -0.4 is 5.32 Å². The zero-order chi connectivity index (χ0) is 18.8. The summed E-state index contributed by atoms with van der Waals surface area (Å²) >= 11 is 0. The lowest BCUT2D eigenvalue weighted by atomic mass is 9.81. The number of benzene rings is 1. The van der Waals surface area contributed by atoms with Crippen LogP contribution in [0.4, 0.5) is 0 Å². The van der Waals surface area contributed by atoms with Crippen LogP contribution in [0.3, 0.4) is 0 Å². The second kappa shape index (κ2) is 8.32. The molecular formula is C23H34N2O2. The minimum atomic E-state index is 0.107. The van der Waals surface area contributed by atoms with Gasteiger partial charge in [0, 0.05) is 31.2 Å². The van der Waals surface area contributed by atoms with E-state index in [0.29, 0.717) is 19.1 Å². The largest absolute Gasteiger partial charge is 0.372 e. The van der Waals surface area contributed by atoms with E-state index in [4.69, 9.17) is 4.74 Å². The molecule has 0 unspecified atom stereocenters. The number of nitrogens with one attached hydrogen (secondary N) is 1. The van der Waals surface area contributed by atoms with Crippen molar-refractivity contribution in [2.75, 3.05) is 13.1 Å². The smallest absolute Gasteiger partial charge is 0.254 e. The van der Waals surface area contributed by atoms with Crippen LogP contribution in [0.15, 0.2) is 24.3 Å². The fourth-order valence-electron chi connectivity index (χ4n) is 5.04. The molecule has 4 rings (SSSR count). The number of hydrogen-bond donors (Lipinski definition) is 1. The molecule has 0 radical (unpaired) electrons. The summed E-state index contributed by atoms with van der Waals surface area (Å²) in [6.07, 6.45) is 8.61. The summed E-state index contributed by atoms with van der Waals surface area (Å²) in [5.74, 6) is 2.00. The second-order valence-corrected chi connectivity index (χ2v) is 8.94. The first-order chi connectivity index (χ1) is 13.1. The van der Waals surface area contributed by atoms with Gasteiger partial charge in [0.2, 0.25) is 0 Å². The van der Waals surface area contributed by atoms with Crippen molar-refractivity contribution in [1.82, 2.24) is 10.2 Å². The molecule has 0 spiro atoms. The van der Waals surface area contributed by atoms with Crippen molar-refractivity contribution in [2.24, 2.45) is 11.8 Å². The van der Waals surface area contributed by atoms with E-state index in [2.05, 4.69) is 17.4 Å². The first-order valence-corrected chi connectivity index (χ1v) is 10.9. The van der Waals surface area contributed by atoms with Gasteiger partial charge in [0.15, 0.2) is 0 Å². The number of morpholine rings is 1. The maximum atomic E-state index is 12.8. The molecule has 1 aliphatic heterocycles. The fourth-order valence-corrected chi connectivity index (χ4v) is 5.04. The highest BCUT2D eigenvalue weighted by Gasteiger charge is 2.37. The van der Waals surface area contributed by atoms with Crippen LogP contribution in [0, 0.1) is 11.8 Å². The molecule has 27 heavy (non-hydrogen) atoms. The molecule has 2 saturated carbocycles. The Hall–Kier alpha value is -1.39. The predicted molar refractivity (Wildman–Crippen MR) is 108 cm³/mol. The summed E-state index contributed by atoms with van der Waals surface area (Å²) in [6, 6.07) is 8.89. The first kappa shape index (κ1) is 18.9. The normalized spacial score (nSPS) is 31.7. The monoisotopic (exact) mass is 370 g/mol. The molecule has 1 saturated heterocycles.